The number of rotatable bonds is 6. The first-order valence-electron chi connectivity index (χ1n) is 8.79. The molecule has 15 heteroatoms. The zero-order valence-electron chi connectivity index (χ0n) is 15.9. The monoisotopic (exact) mass is 476 g/mol. The van der Waals surface area contributed by atoms with Gasteiger partial charge in [0.25, 0.3) is 0 Å². The average Bonchev–Trinajstić information content (AvgIpc) is 2.72. The lowest BCUT2D eigenvalue weighted by Gasteiger charge is -2.38. The van der Waals surface area contributed by atoms with Crippen LogP contribution in [0, 0.1) is 0 Å². The van der Waals surface area contributed by atoms with E-state index in [0.717, 1.165) is 41.0 Å². The first-order chi connectivity index (χ1) is 14.9. The summed E-state index contributed by atoms with van der Waals surface area (Å²) in [6.45, 7) is -0.577. The van der Waals surface area contributed by atoms with Crippen LogP contribution < -0.4 is 9.64 Å². The third-order valence-corrected chi connectivity index (χ3v) is 6.38. The Labute approximate surface area is 178 Å². The van der Waals surface area contributed by atoms with E-state index >= 15 is 0 Å². The van der Waals surface area contributed by atoms with Gasteiger partial charge in [0, 0.05) is 19.6 Å². The number of aromatic carboxylic acids is 1. The number of aromatic nitrogens is 2. The van der Waals surface area contributed by atoms with Crippen molar-refractivity contribution in [3.63, 3.8) is 0 Å². The van der Waals surface area contributed by atoms with E-state index < -0.39 is 45.0 Å². The van der Waals surface area contributed by atoms with Gasteiger partial charge in [0.15, 0.2) is 5.69 Å². The molecule has 1 atom stereocenters. The third-order valence-electron chi connectivity index (χ3n) is 4.46. The predicted molar refractivity (Wildman–Crippen MR) is 99.6 cm³/mol. The molecule has 1 aromatic carbocycles. The van der Waals surface area contributed by atoms with E-state index in [4.69, 9.17) is 5.11 Å². The molecule has 0 spiro atoms. The number of carbonyl (C=O) groups is 2. The van der Waals surface area contributed by atoms with E-state index in [0.29, 0.717) is 0 Å². The Balaban J connectivity index is 1.81. The lowest BCUT2D eigenvalue weighted by atomic mass is 10.2. The lowest BCUT2D eigenvalue weighted by Crippen LogP contribution is -2.58. The summed E-state index contributed by atoms with van der Waals surface area (Å²) in [4.78, 5) is 31.3. The molecule has 0 radical (unpaired) electrons. The molecule has 1 fully saturated rings. The average molecular weight is 476 g/mol. The number of anilines is 1. The summed E-state index contributed by atoms with van der Waals surface area (Å²) in [5, 5.41) is 18.5. The van der Waals surface area contributed by atoms with Gasteiger partial charge in [-0.2, -0.15) is 4.31 Å². The fourth-order valence-corrected chi connectivity index (χ4v) is 4.57. The molecule has 1 aliphatic rings. The van der Waals surface area contributed by atoms with Crippen LogP contribution in [0.3, 0.4) is 0 Å². The fourth-order valence-electron chi connectivity index (χ4n) is 3.01. The summed E-state index contributed by atoms with van der Waals surface area (Å²) in [5.74, 6) is -3.22. The second kappa shape index (κ2) is 8.58. The van der Waals surface area contributed by atoms with Crippen molar-refractivity contribution in [2.75, 3.05) is 24.5 Å². The molecule has 1 aliphatic heterocycles. The number of hydrogen-bond donors (Lipinski definition) is 2. The number of hydrogen-bond acceptors (Lipinski definition) is 8. The number of benzene rings is 1. The van der Waals surface area contributed by atoms with Gasteiger partial charge in [-0.15, -0.1) is 13.2 Å². The molecule has 0 unspecified atom stereocenters. The molecule has 1 aromatic heterocycles. The topological polar surface area (TPSA) is 150 Å². The summed E-state index contributed by atoms with van der Waals surface area (Å²) in [5.41, 5.74) is -0.317. The Bertz CT molecular complexity index is 1110. The highest BCUT2D eigenvalue weighted by Gasteiger charge is 2.41. The molecule has 1 saturated heterocycles. The van der Waals surface area contributed by atoms with Crippen LogP contribution in [0.25, 0.3) is 0 Å². The standard InChI is InChI=1S/C17H15F3N4O7S/c18-17(19,20)31-10-1-3-11(4-2-10)32(29,30)24-6-5-23(9-13(24)16(27)28)14-8-21-12(7-22-14)15(25)26/h1-4,7-8,13H,5-6,9H2,(H,25,26)(H,27,28)/t13-/m1/s1. The van der Waals surface area contributed by atoms with E-state index in [1.54, 1.807) is 0 Å². The number of aliphatic carboxylic acids is 1. The minimum atomic E-state index is -4.95. The first-order valence-corrected chi connectivity index (χ1v) is 10.2. The second-order valence-corrected chi connectivity index (χ2v) is 8.39. The molecule has 0 saturated carbocycles. The number of halogens is 3. The van der Waals surface area contributed by atoms with Crippen LogP contribution in [-0.4, -0.2) is 76.9 Å². The highest BCUT2D eigenvalue weighted by Crippen LogP contribution is 2.27. The Hall–Kier alpha value is -3.46. The zero-order valence-corrected chi connectivity index (χ0v) is 16.7. The van der Waals surface area contributed by atoms with Gasteiger partial charge in [-0.1, -0.05) is 0 Å². The molecule has 172 valence electrons. The molecular weight excluding hydrogens is 461 g/mol. The molecule has 0 amide bonds. The van der Waals surface area contributed by atoms with Crippen molar-refractivity contribution in [1.82, 2.24) is 14.3 Å². The number of alkyl halides is 3. The summed E-state index contributed by atoms with van der Waals surface area (Å²) >= 11 is 0. The zero-order chi connectivity index (χ0) is 23.7. The molecular formula is C17H15F3N4O7S. The molecule has 0 aliphatic carbocycles. The molecule has 0 bridgehead atoms. The summed E-state index contributed by atoms with van der Waals surface area (Å²) in [6.07, 6.45) is -2.83. The number of carboxylic acids is 2. The van der Waals surface area contributed by atoms with E-state index in [1.165, 1.54) is 4.90 Å². The van der Waals surface area contributed by atoms with Crippen LogP contribution in [0.5, 0.6) is 5.75 Å². The summed E-state index contributed by atoms with van der Waals surface area (Å²) < 4.78 is 67.2. The minimum Gasteiger partial charge on any atom is -0.480 e. The third kappa shape index (κ3) is 5.05. The molecule has 3 rings (SSSR count). The quantitative estimate of drug-likeness (QED) is 0.619. The minimum absolute atomic E-state index is 0.0133. The summed E-state index contributed by atoms with van der Waals surface area (Å²) in [6, 6.07) is 1.86. The highest BCUT2D eigenvalue weighted by atomic mass is 32.2. The van der Waals surface area contributed by atoms with Gasteiger partial charge in [0.1, 0.15) is 17.6 Å². The predicted octanol–water partition coefficient (Wildman–Crippen LogP) is 1.04. The molecule has 2 aromatic rings. The van der Waals surface area contributed by atoms with Crippen molar-refractivity contribution in [2.24, 2.45) is 0 Å². The van der Waals surface area contributed by atoms with Crippen LogP contribution in [-0.2, 0) is 14.8 Å². The lowest BCUT2D eigenvalue weighted by molar-refractivity contribution is -0.274. The van der Waals surface area contributed by atoms with Gasteiger partial charge in [0.05, 0.1) is 17.3 Å². The van der Waals surface area contributed by atoms with E-state index in [1.807, 2.05) is 0 Å². The van der Waals surface area contributed by atoms with Gasteiger partial charge < -0.3 is 19.8 Å². The van der Waals surface area contributed by atoms with Gasteiger partial charge >= 0.3 is 18.3 Å². The van der Waals surface area contributed by atoms with Crippen LogP contribution in [0.4, 0.5) is 19.0 Å². The van der Waals surface area contributed by atoms with Crippen molar-refractivity contribution in [3.05, 3.63) is 42.4 Å². The number of carboxylic acid groups (broad SMARTS) is 2. The molecule has 2 heterocycles. The van der Waals surface area contributed by atoms with Crippen molar-refractivity contribution in [3.8, 4) is 5.75 Å². The van der Waals surface area contributed by atoms with Crippen molar-refractivity contribution in [1.29, 1.82) is 0 Å². The van der Waals surface area contributed by atoms with E-state index in [2.05, 4.69) is 14.7 Å². The van der Waals surface area contributed by atoms with Crippen molar-refractivity contribution >= 4 is 27.8 Å². The van der Waals surface area contributed by atoms with Gasteiger partial charge in [0.2, 0.25) is 10.0 Å². The Morgan fingerprint density at radius 2 is 1.72 bits per heavy atom. The highest BCUT2D eigenvalue weighted by molar-refractivity contribution is 7.89. The van der Waals surface area contributed by atoms with E-state index in [-0.39, 0.29) is 31.1 Å². The SMILES string of the molecule is O=C(O)c1cnc(N2CCN(S(=O)(=O)c3ccc(OC(F)(F)F)cc3)[C@@H](C(=O)O)C2)cn1. The Morgan fingerprint density at radius 1 is 1.06 bits per heavy atom. The van der Waals surface area contributed by atoms with Gasteiger partial charge in [-0.3, -0.25) is 4.79 Å². The van der Waals surface area contributed by atoms with Crippen LogP contribution in [0.15, 0.2) is 41.6 Å². The van der Waals surface area contributed by atoms with Gasteiger partial charge in [-0.05, 0) is 24.3 Å². The largest absolute Gasteiger partial charge is 0.573 e. The summed E-state index contributed by atoms with van der Waals surface area (Å²) in [7, 11) is -4.36. The molecule has 11 nitrogen and oxygen atoms in total. The normalized spacial score (nSPS) is 17.7. The van der Waals surface area contributed by atoms with Crippen LogP contribution in [0.2, 0.25) is 0 Å². The maximum atomic E-state index is 12.9. The second-order valence-electron chi connectivity index (χ2n) is 6.50. The maximum absolute atomic E-state index is 12.9. The van der Waals surface area contributed by atoms with Crippen molar-refractivity contribution < 1.29 is 46.1 Å². The van der Waals surface area contributed by atoms with Crippen LogP contribution >= 0.6 is 0 Å². The molecule has 2 N–H and O–H groups in total. The van der Waals surface area contributed by atoms with Gasteiger partial charge in [-0.25, -0.2) is 23.2 Å². The van der Waals surface area contributed by atoms with E-state index in [9.17, 15) is 36.3 Å². The first kappa shape index (κ1) is 23.2. The molecule has 32 heavy (non-hydrogen) atoms. The van der Waals surface area contributed by atoms with Crippen molar-refractivity contribution in [2.45, 2.75) is 17.3 Å². The Kier molecular flexibility index (Phi) is 6.23. The number of ether oxygens (including phenoxy) is 1. The van der Waals surface area contributed by atoms with Crippen LogP contribution in [0.1, 0.15) is 10.5 Å². The Morgan fingerprint density at radius 3 is 2.22 bits per heavy atom. The maximum Gasteiger partial charge on any atom is 0.573 e. The fraction of sp³-hybridized carbons (Fsp3) is 0.294. The number of sulfonamides is 1. The number of piperazine rings is 1. The number of nitrogens with zero attached hydrogens (tertiary/aromatic N) is 4. The smallest absolute Gasteiger partial charge is 0.480 e.